The number of fused-ring (bicyclic) bond motifs is 1. The van der Waals surface area contributed by atoms with Crippen LogP contribution in [0.5, 0.6) is 11.5 Å². The molecule has 0 spiro atoms. The highest BCUT2D eigenvalue weighted by Gasteiger charge is 2.11. The molecule has 7 nitrogen and oxygen atoms in total. The maximum Gasteiger partial charge on any atom is 0.248 e. The van der Waals surface area contributed by atoms with E-state index in [0.717, 1.165) is 22.7 Å². The molecule has 0 aliphatic carbocycles. The molecule has 2 heterocycles. The molecule has 1 amide bonds. The van der Waals surface area contributed by atoms with Gasteiger partial charge >= 0.3 is 0 Å². The Kier molecular flexibility index (Phi) is 4.57. The van der Waals surface area contributed by atoms with Gasteiger partial charge in [-0.25, -0.2) is 4.98 Å². The average molecular weight is 362 g/mol. The number of anilines is 1. The van der Waals surface area contributed by atoms with Gasteiger partial charge < -0.3 is 14.8 Å². The second-order valence-electron chi connectivity index (χ2n) is 6.05. The molecule has 0 atom stereocenters. The number of benzene rings is 2. The fourth-order valence-electron chi connectivity index (χ4n) is 2.69. The first kappa shape index (κ1) is 16.8. The van der Waals surface area contributed by atoms with Gasteiger partial charge in [0.2, 0.25) is 5.91 Å². The molecule has 0 unspecified atom stereocenters. The van der Waals surface area contributed by atoms with Crippen molar-refractivity contribution in [1.82, 2.24) is 15.2 Å². The first-order chi connectivity index (χ1) is 13.2. The molecule has 0 fully saturated rings. The van der Waals surface area contributed by atoms with Crippen molar-refractivity contribution in [2.24, 2.45) is 0 Å². The molecule has 0 saturated carbocycles. The summed E-state index contributed by atoms with van der Waals surface area (Å²) in [5.41, 5.74) is 2.44. The van der Waals surface area contributed by atoms with Gasteiger partial charge in [0, 0.05) is 17.3 Å². The van der Waals surface area contributed by atoms with Gasteiger partial charge in [-0.05, 0) is 55.0 Å². The zero-order valence-electron chi connectivity index (χ0n) is 14.7. The van der Waals surface area contributed by atoms with Gasteiger partial charge in [0.15, 0.2) is 17.3 Å². The standard InChI is InChI=1S/C20H18N4O3/c1-13-21-20(24-23-13)15-4-6-16(7-5-15)22-19(25)9-3-14-2-8-17-18(12-14)27-11-10-26-17/h2-9,12H,10-11H2,1H3,(H,22,25)(H,21,23,24)/b9-3+. The van der Waals surface area contributed by atoms with Crippen molar-refractivity contribution >= 4 is 17.7 Å². The number of nitrogens with zero attached hydrogens (tertiary/aromatic N) is 2. The van der Waals surface area contributed by atoms with Crippen LogP contribution in [-0.4, -0.2) is 34.3 Å². The van der Waals surface area contributed by atoms with Crippen LogP contribution in [-0.2, 0) is 4.79 Å². The van der Waals surface area contributed by atoms with Crippen molar-refractivity contribution < 1.29 is 14.3 Å². The number of aromatic amines is 1. The minimum absolute atomic E-state index is 0.216. The van der Waals surface area contributed by atoms with E-state index in [-0.39, 0.29) is 5.91 Å². The smallest absolute Gasteiger partial charge is 0.248 e. The predicted molar refractivity (Wildman–Crippen MR) is 102 cm³/mol. The molecule has 1 aliphatic rings. The summed E-state index contributed by atoms with van der Waals surface area (Å²) in [5, 5.41) is 9.75. The lowest BCUT2D eigenvalue weighted by atomic mass is 10.1. The number of carbonyl (C=O) groups is 1. The highest BCUT2D eigenvalue weighted by atomic mass is 16.6. The number of hydrogen-bond acceptors (Lipinski definition) is 5. The summed E-state index contributed by atoms with van der Waals surface area (Å²) in [7, 11) is 0. The van der Waals surface area contributed by atoms with Crippen molar-refractivity contribution in [3.05, 3.63) is 59.9 Å². The molecular formula is C20H18N4O3. The van der Waals surface area contributed by atoms with Crippen LogP contribution < -0.4 is 14.8 Å². The van der Waals surface area contributed by atoms with E-state index in [1.54, 1.807) is 6.08 Å². The Labute approximate surface area is 156 Å². The summed E-state index contributed by atoms with van der Waals surface area (Å²) in [6.45, 7) is 2.93. The molecule has 0 saturated heterocycles. The third-order valence-corrected chi connectivity index (χ3v) is 4.00. The van der Waals surface area contributed by atoms with E-state index in [2.05, 4.69) is 20.5 Å². The maximum atomic E-state index is 12.1. The van der Waals surface area contributed by atoms with Crippen molar-refractivity contribution in [2.75, 3.05) is 18.5 Å². The number of nitrogens with one attached hydrogen (secondary N) is 2. The summed E-state index contributed by atoms with van der Waals surface area (Å²) in [6.07, 6.45) is 3.22. The van der Waals surface area contributed by atoms with Crippen LogP contribution in [0, 0.1) is 6.92 Å². The van der Waals surface area contributed by atoms with Crippen molar-refractivity contribution in [3.63, 3.8) is 0 Å². The number of hydrogen-bond donors (Lipinski definition) is 2. The number of amides is 1. The van der Waals surface area contributed by atoms with Crippen LogP contribution in [0.15, 0.2) is 48.5 Å². The first-order valence-corrected chi connectivity index (χ1v) is 8.55. The Balaban J connectivity index is 1.39. The van der Waals surface area contributed by atoms with E-state index in [0.29, 0.717) is 30.5 Å². The lowest BCUT2D eigenvalue weighted by Gasteiger charge is -2.18. The summed E-state index contributed by atoms with van der Waals surface area (Å²) in [4.78, 5) is 16.4. The van der Waals surface area contributed by atoms with Crippen LogP contribution in [0.3, 0.4) is 0 Å². The second-order valence-corrected chi connectivity index (χ2v) is 6.05. The Bertz CT molecular complexity index is 993. The summed E-state index contributed by atoms with van der Waals surface area (Å²) in [5.74, 6) is 2.59. The second kappa shape index (κ2) is 7.33. The molecule has 1 aliphatic heterocycles. The van der Waals surface area contributed by atoms with Crippen LogP contribution in [0.25, 0.3) is 17.5 Å². The molecule has 0 radical (unpaired) electrons. The van der Waals surface area contributed by atoms with Gasteiger partial charge in [0.25, 0.3) is 0 Å². The lowest BCUT2D eigenvalue weighted by molar-refractivity contribution is -0.111. The molecular weight excluding hydrogens is 344 g/mol. The van der Waals surface area contributed by atoms with Crippen molar-refractivity contribution in [1.29, 1.82) is 0 Å². The topological polar surface area (TPSA) is 89.1 Å². The number of H-pyrrole nitrogens is 1. The first-order valence-electron chi connectivity index (χ1n) is 8.55. The molecule has 7 heteroatoms. The van der Waals surface area contributed by atoms with E-state index < -0.39 is 0 Å². The maximum absolute atomic E-state index is 12.1. The van der Waals surface area contributed by atoms with Gasteiger partial charge in [-0.15, -0.1) is 0 Å². The number of carbonyl (C=O) groups excluding carboxylic acids is 1. The summed E-state index contributed by atoms with van der Waals surface area (Å²) in [6, 6.07) is 12.9. The van der Waals surface area contributed by atoms with Crippen LogP contribution >= 0.6 is 0 Å². The fraction of sp³-hybridized carbons (Fsp3) is 0.150. The average Bonchev–Trinajstić information content (AvgIpc) is 3.13. The van der Waals surface area contributed by atoms with E-state index in [9.17, 15) is 4.79 Å². The molecule has 0 bridgehead atoms. The van der Waals surface area contributed by atoms with Crippen LogP contribution in [0.1, 0.15) is 11.4 Å². The molecule has 3 aromatic rings. The highest BCUT2D eigenvalue weighted by Crippen LogP contribution is 2.31. The minimum atomic E-state index is -0.216. The van der Waals surface area contributed by atoms with E-state index in [1.165, 1.54) is 6.08 Å². The zero-order chi connectivity index (χ0) is 18.6. The Morgan fingerprint density at radius 2 is 1.89 bits per heavy atom. The quantitative estimate of drug-likeness (QED) is 0.696. The van der Waals surface area contributed by atoms with Crippen LogP contribution in [0.4, 0.5) is 5.69 Å². The molecule has 4 rings (SSSR count). The van der Waals surface area contributed by atoms with E-state index in [1.807, 2.05) is 49.4 Å². The summed E-state index contributed by atoms with van der Waals surface area (Å²) >= 11 is 0. The normalized spacial score (nSPS) is 12.9. The monoisotopic (exact) mass is 362 g/mol. The number of rotatable bonds is 4. The van der Waals surface area contributed by atoms with Crippen molar-refractivity contribution in [3.8, 4) is 22.9 Å². The minimum Gasteiger partial charge on any atom is -0.486 e. The van der Waals surface area contributed by atoms with E-state index in [4.69, 9.17) is 9.47 Å². The van der Waals surface area contributed by atoms with Gasteiger partial charge in [0.1, 0.15) is 19.0 Å². The Hall–Kier alpha value is -3.61. The SMILES string of the molecule is Cc1nc(-c2ccc(NC(=O)/C=C/c3ccc4c(c3)OCCO4)cc2)n[nH]1. The largest absolute Gasteiger partial charge is 0.486 e. The third kappa shape index (κ3) is 3.98. The molecule has 2 aromatic carbocycles. The number of aryl methyl sites for hydroxylation is 1. The van der Waals surface area contributed by atoms with Crippen LogP contribution in [0.2, 0.25) is 0 Å². The van der Waals surface area contributed by atoms with Gasteiger partial charge in [-0.1, -0.05) is 6.07 Å². The third-order valence-electron chi connectivity index (χ3n) is 4.00. The predicted octanol–water partition coefficient (Wildman–Crippen LogP) is 3.20. The zero-order valence-corrected chi connectivity index (χ0v) is 14.7. The highest BCUT2D eigenvalue weighted by molar-refractivity contribution is 6.02. The molecule has 136 valence electrons. The molecule has 1 aromatic heterocycles. The number of ether oxygens (including phenoxy) is 2. The summed E-state index contributed by atoms with van der Waals surface area (Å²) < 4.78 is 11.0. The van der Waals surface area contributed by atoms with Gasteiger partial charge in [-0.2, -0.15) is 5.10 Å². The number of aromatic nitrogens is 3. The fourth-order valence-corrected chi connectivity index (χ4v) is 2.69. The molecule has 2 N–H and O–H groups in total. The lowest BCUT2D eigenvalue weighted by Crippen LogP contribution is -2.15. The van der Waals surface area contributed by atoms with E-state index >= 15 is 0 Å². The van der Waals surface area contributed by atoms with Gasteiger partial charge in [-0.3, -0.25) is 9.89 Å². The molecule has 27 heavy (non-hydrogen) atoms. The van der Waals surface area contributed by atoms with Crippen molar-refractivity contribution in [2.45, 2.75) is 6.92 Å². The Morgan fingerprint density at radius 1 is 1.11 bits per heavy atom. The van der Waals surface area contributed by atoms with Gasteiger partial charge in [0.05, 0.1) is 0 Å². The Morgan fingerprint density at radius 3 is 2.63 bits per heavy atom.